The van der Waals surface area contributed by atoms with Gasteiger partial charge in [-0.05, 0) is 72.8 Å². The molecule has 0 N–H and O–H groups in total. The van der Waals surface area contributed by atoms with Crippen LogP contribution >= 0.6 is 0 Å². The smallest absolute Gasteiger partial charge is 0.230 e. The molecule has 4 aromatic carbocycles. The van der Waals surface area contributed by atoms with Crippen LogP contribution in [0, 0.1) is 0 Å². The van der Waals surface area contributed by atoms with Crippen LogP contribution in [-0.4, -0.2) is 32.0 Å². The molecule has 0 saturated heterocycles. The molecule has 4 rings (SSSR count). The lowest BCUT2D eigenvalue weighted by molar-refractivity contribution is -0.125. The summed E-state index contributed by atoms with van der Waals surface area (Å²) in [5, 5.41) is 0. The summed E-state index contributed by atoms with van der Waals surface area (Å²) in [6, 6.07) is 24.5. The zero-order chi connectivity index (χ0) is 31.3. The van der Waals surface area contributed by atoms with Gasteiger partial charge in [0.25, 0.3) is 0 Å². The van der Waals surface area contributed by atoms with Gasteiger partial charge in [-0.2, -0.15) is 0 Å². The number of imide groups is 2. The topological polar surface area (TPSA) is 127 Å². The zero-order valence-electron chi connectivity index (χ0n) is 23.8. The molecule has 0 bridgehead atoms. The third-order valence-electron chi connectivity index (χ3n) is 6.15. The summed E-state index contributed by atoms with van der Waals surface area (Å²) in [6.45, 7) is 5.15. The van der Waals surface area contributed by atoms with Gasteiger partial charge >= 0.3 is 0 Å². The maximum Gasteiger partial charge on any atom is 0.230 e. The molecule has 0 atom stereocenters. The Morgan fingerprint density at radius 2 is 0.814 bits per heavy atom. The Hall–Kier alpha value is -5.29. The summed E-state index contributed by atoms with van der Waals surface area (Å²) >= 11 is 0. The van der Waals surface area contributed by atoms with E-state index in [0.717, 1.165) is 9.80 Å². The number of carbonyl (C=O) groups is 4. The number of anilines is 2. The number of hydrogen-bond donors (Lipinski definition) is 0. The normalized spacial score (nSPS) is 10.9. The minimum atomic E-state index is -3.87. The lowest BCUT2D eigenvalue weighted by Gasteiger charge is -2.18. The van der Waals surface area contributed by atoms with Crippen LogP contribution in [0.2, 0.25) is 0 Å². The largest absolute Gasteiger partial charge is 0.457 e. The molecule has 0 spiro atoms. The number of rotatable bonds is 8. The molecule has 0 fully saturated rings. The van der Waals surface area contributed by atoms with Gasteiger partial charge < -0.3 is 9.47 Å². The van der Waals surface area contributed by atoms with E-state index < -0.39 is 33.5 Å². The molecule has 220 valence electrons. The van der Waals surface area contributed by atoms with Crippen LogP contribution in [0.4, 0.5) is 11.4 Å². The molecule has 4 aromatic rings. The first-order valence-corrected chi connectivity index (χ1v) is 14.5. The van der Waals surface area contributed by atoms with Crippen LogP contribution < -0.4 is 19.3 Å². The van der Waals surface area contributed by atoms with Crippen LogP contribution in [0.5, 0.6) is 23.0 Å². The molecule has 10 nitrogen and oxygen atoms in total. The first-order valence-electron chi connectivity index (χ1n) is 13.0. The van der Waals surface area contributed by atoms with E-state index in [-0.39, 0.29) is 9.79 Å². The highest BCUT2D eigenvalue weighted by Gasteiger charge is 2.20. The third-order valence-corrected chi connectivity index (χ3v) is 7.94. The van der Waals surface area contributed by atoms with Crippen molar-refractivity contribution in [2.24, 2.45) is 0 Å². The highest BCUT2D eigenvalue weighted by Crippen LogP contribution is 2.31. The Labute approximate surface area is 249 Å². The Balaban J connectivity index is 1.47. The Kier molecular flexibility index (Phi) is 9.06. The van der Waals surface area contributed by atoms with Gasteiger partial charge in [-0.1, -0.05) is 12.1 Å². The molecule has 11 heteroatoms. The number of ether oxygens (including phenoxy) is 2. The lowest BCUT2D eigenvalue weighted by atomic mass is 10.2. The minimum Gasteiger partial charge on any atom is -0.457 e. The fourth-order valence-corrected chi connectivity index (χ4v) is 5.59. The molecular weight excluding hydrogens is 572 g/mol. The fraction of sp³-hybridized carbons (Fsp3) is 0.125. The summed E-state index contributed by atoms with van der Waals surface area (Å²) in [4.78, 5) is 49.6. The predicted octanol–water partition coefficient (Wildman–Crippen LogP) is 5.90. The standard InChI is InChI=1S/C32H28N2O8S/c1-21(35)33(22(2)36)25-7-5-9-29(19-25)41-27-11-15-31(16-12-27)43(39,40)32-17-13-28(14-18-32)42-30-10-6-8-26(20-30)34(23(3)37)24(4)38/h5-20H,1-4H3. The molecular formula is C32H28N2O8S. The monoisotopic (exact) mass is 600 g/mol. The molecule has 0 aliphatic rings. The van der Waals surface area contributed by atoms with Crippen LogP contribution in [-0.2, 0) is 29.0 Å². The van der Waals surface area contributed by atoms with Crippen LogP contribution in [0.1, 0.15) is 27.7 Å². The van der Waals surface area contributed by atoms with Gasteiger partial charge in [0.2, 0.25) is 33.5 Å². The second kappa shape index (κ2) is 12.7. The summed E-state index contributed by atoms with van der Waals surface area (Å²) in [5.74, 6) is -0.302. The summed E-state index contributed by atoms with van der Waals surface area (Å²) in [7, 11) is -3.87. The van der Waals surface area contributed by atoms with Crippen molar-refractivity contribution >= 4 is 44.8 Å². The van der Waals surface area contributed by atoms with Crippen molar-refractivity contribution in [3.63, 3.8) is 0 Å². The van der Waals surface area contributed by atoms with Crippen molar-refractivity contribution in [1.82, 2.24) is 0 Å². The molecule has 0 saturated carbocycles. The molecule has 43 heavy (non-hydrogen) atoms. The van der Waals surface area contributed by atoms with Gasteiger partial charge in [0.05, 0.1) is 21.2 Å². The number of nitrogens with zero attached hydrogens (tertiary/aromatic N) is 2. The van der Waals surface area contributed by atoms with Gasteiger partial charge in [-0.15, -0.1) is 0 Å². The number of hydrogen-bond acceptors (Lipinski definition) is 8. The Morgan fingerprint density at radius 1 is 0.488 bits per heavy atom. The average Bonchev–Trinajstić information content (AvgIpc) is 2.93. The summed E-state index contributed by atoms with van der Waals surface area (Å²) < 4.78 is 38.1. The highest BCUT2D eigenvalue weighted by atomic mass is 32.2. The SMILES string of the molecule is CC(=O)N(C(C)=O)c1cccc(Oc2ccc(S(=O)(=O)c3ccc(Oc4cccc(N(C(C)=O)C(C)=O)c4)cc3)cc2)c1. The van der Waals surface area contributed by atoms with Gasteiger partial charge in [-0.25, -0.2) is 8.42 Å². The van der Waals surface area contributed by atoms with Crippen LogP contribution in [0.25, 0.3) is 0 Å². The molecule has 0 heterocycles. The predicted molar refractivity (Wildman–Crippen MR) is 159 cm³/mol. The molecule has 4 amide bonds. The summed E-state index contributed by atoms with van der Waals surface area (Å²) in [5.41, 5.74) is 0.705. The molecule has 0 aromatic heterocycles. The quantitative estimate of drug-likeness (QED) is 0.245. The average molecular weight is 601 g/mol. The van der Waals surface area contributed by atoms with E-state index in [1.807, 2.05) is 0 Å². The van der Waals surface area contributed by atoms with Crippen molar-refractivity contribution in [2.45, 2.75) is 37.5 Å². The van der Waals surface area contributed by atoms with Gasteiger partial charge in [0.1, 0.15) is 23.0 Å². The number of carbonyl (C=O) groups excluding carboxylic acids is 4. The van der Waals surface area contributed by atoms with E-state index in [1.165, 1.54) is 88.4 Å². The van der Waals surface area contributed by atoms with Gasteiger partial charge in [0.15, 0.2) is 0 Å². The first-order chi connectivity index (χ1) is 20.4. The van der Waals surface area contributed by atoms with E-state index in [2.05, 4.69) is 0 Å². The van der Waals surface area contributed by atoms with Crippen molar-refractivity contribution in [3.05, 3.63) is 97.1 Å². The van der Waals surface area contributed by atoms with Gasteiger partial charge in [-0.3, -0.25) is 29.0 Å². The first kappa shape index (κ1) is 30.7. The molecule has 0 aliphatic carbocycles. The van der Waals surface area contributed by atoms with E-state index in [4.69, 9.17) is 9.47 Å². The zero-order valence-corrected chi connectivity index (χ0v) is 24.6. The van der Waals surface area contributed by atoms with E-state index in [9.17, 15) is 27.6 Å². The Bertz CT molecular complexity index is 1650. The Morgan fingerprint density at radius 3 is 1.12 bits per heavy atom. The fourth-order valence-electron chi connectivity index (χ4n) is 4.32. The van der Waals surface area contributed by atoms with Crippen LogP contribution in [0.15, 0.2) is 107 Å². The third kappa shape index (κ3) is 7.14. The van der Waals surface area contributed by atoms with Crippen LogP contribution in [0.3, 0.4) is 0 Å². The maximum absolute atomic E-state index is 13.2. The second-order valence-corrected chi connectivity index (χ2v) is 11.3. The lowest BCUT2D eigenvalue weighted by Crippen LogP contribution is -2.32. The second-order valence-electron chi connectivity index (χ2n) is 9.39. The number of sulfone groups is 1. The maximum atomic E-state index is 13.2. The molecule has 0 radical (unpaired) electrons. The highest BCUT2D eigenvalue weighted by molar-refractivity contribution is 7.91. The minimum absolute atomic E-state index is 0.0443. The molecule has 0 unspecified atom stereocenters. The van der Waals surface area contributed by atoms with Crippen molar-refractivity contribution in [3.8, 4) is 23.0 Å². The van der Waals surface area contributed by atoms with Gasteiger partial charge in [0, 0.05) is 39.8 Å². The van der Waals surface area contributed by atoms with Crippen molar-refractivity contribution < 1.29 is 37.1 Å². The number of amides is 4. The van der Waals surface area contributed by atoms with Crippen molar-refractivity contribution in [2.75, 3.05) is 9.80 Å². The van der Waals surface area contributed by atoms with Crippen molar-refractivity contribution in [1.29, 1.82) is 0 Å². The van der Waals surface area contributed by atoms with E-state index >= 15 is 0 Å². The van der Waals surface area contributed by atoms with E-state index in [0.29, 0.717) is 34.4 Å². The van der Waals surface area contributed by atoms with E-state index in [1.54, 1.807) is 36.4 Å². The summed E-state index contributed by atoms with van der Waals surface area (Å²) in [6.07, 6.45) is 0. The number of benzene rings is 4. The molecule has 0 aliphatic heterocycles.